The smallest absolute Gasteiger partial charge is 0.236 e. The average Bonchev–Trinajstić information content (AvgIpc) is 2.30. The molecule has 1 fully saturated rings. The van der Waals surface area contributed by atoms with Crippen LogP contribution in [-0.4, -0.2) is 29.9 Å². The highest BCUT2D eigenvalue weighted by Gasteiger charge is 2.18. The van der Waals surface area contributed by atoms with Crippen molar-refractivity contribution in [1.29, 1.82) is 5.26 Å². The molecule has 4 nitrogen and oxygen atoms in total. The topological polar surface area (TPSA) is 70.1 Å². The molecule has 2 N–H and O–H groups in total. The number of rotatable bonds is 1. The number of nitrogens with zero attached hydrogens (tertiary/aromatic N) is 2. The van der Waals surface area contributed by atoms with E-state index < -0.39 is 0 Å². The van der Waals surface area contributed by atoms with Crippen LogP contribution in [-0.2, 0) is 4.79 Å². The van der Waals surface area contributed by atoms with Crippen LogP contribution in [0.1, 0.15) is 25.7 Å². The van der Waals surface area contributed by atoms with Crippen LogP contribution < -0.4 is 5.73 Å². The standard InChI is InChI=1S/C9H15N3O/c10-5-4-9(13)12-6-2-1-3-8(11)7-12/h8H,1-4,6-7,11H2. The molecule has 1 heterocycles. The summed E-state index contributed by atoms with van der Waals surface area (Å²) in [5, 5.41) is 8.37. The van der Waals surface area contributed by atoms with Gasteiger partial charge in [-0.3, -0.25) is 4.79 Å². The maximum Gasteiger partial charge on any atom is 0.236 e. The maximum absolute atomic E-state index is 11.3. The van der Waals surface area contributed by atoms with Crippen LogP contribution in [0.15, 0.2) is 0 Å². The number of hydrogen-bond acceptors (Lipinski definition) is 3. The highest BCUT2D eigenvalue weighted by atomic mass is 16.2. The molecule has 1 aliphatic heterocycles. The van der Waals surface area contributed by atoms with E-state index in [0.717, 1.165) is 25.8 Å². The molecule has 0 aromatic carbocycles. The van der Waals surface area contributed by atoms with Crippen LogP contribution in [0, 0.1) is 11.3 Å². The zero-order chi connectivity index (χ0) is 9.68. The number of amides is 1. The number of nitrogens with two attached hydrogens (primary N) is 1. The second-order valence-electron chi connectivity index (χ2n) is 3.43. The van der Waals surface area contributed by atoms with E-state index in [1.807, 2.05) is 6.07 Å². The molecule has 1 amide bonds. The predicted molar refractivity (Wildman–Crippen MR) is 48.6 cm³/mol. The van der Waals surface area contributed by atoms with Gasteiger partial charge in [-0.1, -0.05) is 6.42 Å². The van der Waals surface area contributed by atoms with Gasteiger partial charge < -0.3 is 10.6 Å². The van der Waals surface area contributed by atoms with Crippen molar-refractivity contribution in [2.45, 2.75) is 31.7 Å². The van der Waals surface area contributed by atoms with E-state index in [4.69, 9.17) is 11.0 Å². The molecule has 1 atom stereocenters. The lowest BCUT2D eigenvalue weighted by atomic mass is 10.2. The second-order valence-corrected chi connectivity index (χ2v) is 3.43. The van der Waals surface area contributed by atoms with Crippen molar-refractivity contribution in [3.63, 3.8) is 0 Å². The Kier molecular flexibility index (Phi) is 3.71. The zero-order valence-electron chi connectivity index (χ0n) is 7.70. The molecule has 13 heavy (non-hydrogen) atoms. The Morgan fingerprint density at radius 2 is 2.38 bits per heavy atom. The van der Waals surface area contributed by atoms with Gasteiger partial charge in [-0.25, -0.2) is 0 Å². The summed E-state index contributed by atoms with van der Waals surface area (Å²) in [5.74, 6) is -0.0835. The molecular weight excluding hydrogens is 166 g/mol. The van der Waals surface area contributed by atoms with Crippen LogP contribution >= 0.6 is 0 Å². The summed E-state index contributed by atoms with van der Waals surface area (Å²) in [7, 11) is 0. The normalized spacial score (nSPS) is 23.4. The Morgan fingerprint density at radius 1 is 1.62 bits per heavy atom. The Labute approximate surface area is 78.3 Å². The summed E-state index contributed by atoms with van der Waals surface area (Å²) in [5.41, 5.74) is 5.78. The lowest BCUT2D eigenvalue weighted by Crippen LogP contribution is -2.39. The summed E-state index contributed by atoms with van der Waals surface area (Å²) < 4.78 is 0. The summed E-state index contributed by atoms with van der Waals surface area (Å²) >= 11 is 0. The molecule has 0 spiro atoms. The number of carbonyl (C=O) groups excluding carboxylic acids is 1. The summed E-state index contributed by atoms with van der Waals surface area (Å²) in [6.07, 6.45) is 3.05. The predicted octanol–water partition coefficient (Wildman–Crippen LogP) is 0.240. The summed E-state index contributed by atoms with van der Waals surface area (Å²) in [6, 6.07) is 1.96. The largest absolute Gasteiger partial charge is 0.340 e. The lowest BCUT2D eigenvalue weighted by Gasteiger charge is -2.21. The van der Waals surface area contributed by atoms with Crippen LogP contribution in [0.3, 0.4) is 0 Å². The molecule has 0 aliphatic carbocycles. The summed E-state index contributed by atoms with van der Waals surface area (Å²) in [4.78, 5) is 13.1. The van der Waals surface area contributed by atoms with Crippen molar-refractivity contribution in [3.05, 3.63) is 0 Å². The minimum atomic E-state index is -0.0835. The Balaban J connectivity index is 2.48. The SMILES string of the molecule is N#CCC(=O)N1CCCCC(N)C1. The van der Waals surface area contributed by atoms with Crippen molar-refractivity contribution in [3.8, 4) is 6.07 Å². The third kappa shape index (κ3) is 3.03. The third-order valence-corrected chi connectivity index (χ3v) is 2.29. The minimum absolute atomic E-state index is 0.0211. The number of hydrogen-bond donors (Lipinski definition) is 1. The molecule has 1 saturated heterocycles. The number of likely N-dealkylation sites (tertiary alicyclic amines) is 1. The van der Waals surface area contributed by atoms with Gasteiger partial charge in [-0.05, 0) is 12.8 Å². The van der Waals surface area contributed by atoms with Crippen molar-refractivity contribution in [2.24, 2.45) is 5.73 Å². The van der Waals surface area contributed by atoms with E-state index >= 15 is 0 Å². The molecular formula is C9H15N3O. The molecule has 1 aliphatic rings. The van der Waals surface area contributed by atoms with Crippen molar-refractivity contribution >= 4 is 5.91 Å². The molecule has 4 heteroatoms. The van der Waals surface area contributed by atoms with Crippen molar-refractivity contribution in [2.75, 3.05) is 13.1 Å². The fourth-order valence-electron chi connectivity index (χ4n) is 1.58. The first-order chi connectivity index (χ1) is 6.24. The molecule has 72 valence electrons. The lowest BCUT2D eigenvalue weighted by molar-refractivity contribution is -0.130. The van der Waals surface area contributed by atoms with Gasteiger partial charge >= 0.3 is 0 Å². The van der Waals surface area contributed by atoms with Gasteiger partial charge in [0.2, 0.25) is 5.91 Å². The Bertz CT molecular complexity index is 221. The maximum atomic E-state index is 11.3. The first-order valence-electron chi connectivity index (χ1n) is 4.64. The zero-order valence-corrected chi connectivity index (χ0v) is 7.70. The summed E-state index contributed by atoms with van der Waals surface area (Å²) in [6.45, 7) is 1.37. The van der Waals surface area contributed by atoms with E-state index in [0.29, 0.717) is 6.54 Å². The molecule has 0 aromatic rings. The van der Waals surface area contributed by atoms with Gasteiger partial charge in [0.25, 0.3) is 0 Å². The van der Waals surface area contributed by atoms with Gasteiger partial charge in [0.05, 0.1) is 6.07 Å². The van der Waals surface area contributed by atoms with Crippen LogP contribution in [0.4, 0.5) is 0 Å². The number of nitriles is 1. The molecule has 0 bridgehead atoms. The quantitative estimate of drug-likeness (QED) is 0.630. The number of carbonyl (C=O) groups is 1. The van der Waals surface area contributed by atoms with Gasteiger partial charge in [-0.15, -0.1) is 0 Å². The van der Waals surface area contributed by atoms with Gasteiger partial charge in [0, 0.05) is 19.1 Å². The van der Waals surface area contributed by atoms with E-state index in [1.165, 1.54) is 0 Å². The molecule has 1 rings (SSSR count). The Morgan fingerprint density at radius 3 is 3.08 bits per heavy atom. The van der Waals surface area contributed by atoms with Crippen LogP contribution in [0.5, 0.6) is 0 Å². The van der Waals surface area contributed by atoms with E-state index in [2.05, 4.69) is 0 Å². The highest BCUT2D eigenvalue weighted by molar-refractivity contribution is 5.78. The van der Waals surface area contributed by atoms with Crippen LogP contribution in [0.25, 0.3) is 0 Å². The second kappa shape index (κ2) is 4.83. The van der Waals surface area contributed by atoms with Gasteiger partial charge in [-0.2, -0.15) is 5.26 Å². The van der Waals surface area contributed by atoms with Crippen molar-refractivity contribution < 1.29 is 4.79 Å². The van der Waals surface area contributed by atoms with Crippen LogP contribution in [0.2, 0.25) is 0 Å². The van der Waals surface area contributed by atoms with Gasteiger partial charge in [0.1, 0.15) is 6.42 Å². The van der Waals surface area contributed by atoms with Gasteiger partial charge in [0.15, 0.2) is 0 Å². The van der Waals surface area contributed by atoms with Crippen molar-refractivity contribution in [1.82, 2.24) is 4.90 Å². The molecule has 1 unspecified atom stereocenters. The molecule has 0 radical (unpaired) electrons. The van der Waals surface area contributed by atoms with E-state index in [9.17, 15) is 4.79 Å². The average molecular weight is 181 g/mol. The highest BCUT2D eigenvalue weighted by Crippen LogP contribution is 2.09. The molecule has 0 aromatic heterocycles. The first kappa shape index (κ1) is 10.0. The molecule has 0 saturated carbocycles. The fourth-order valence-corrected chi connectivity index (χ4v) is 1.58. The monoisotopic (exact) mass is 181 g/mol. The third-order valence-electron chi connectivity index (χ3n) is 2.29. The van der Waals surface area contributed by atoms with E-state index in [1.54, 1.807) is 4.90 Å². The minimum Gasteiger partial charge on any atom is -0.340 e. The Hall–Kier alpha value is -1.08. The first-order valence-corrected chi connectivity index (χ1v) is 4.64. The van der Waals surface area contributed by atoms with E-state index in [-0.39, 0.29) is 18.4 Å². The fraction of sp³-hybridized carbons (Fsp3) is 0.778.